The van der Waals surface area contributed by atoms with Gasteiger partial charge < -0.3 is 4.74 Å². The molecule has 0 fully saturated rings. The van der Waals surface area contributed by atoms with Crippen LogP contribution in [0.3, 0.4) is 0 Å². The van der Waals surface area contributed by atoms with Crippen LogP contribution >= 0.6 is 0 Å². The van der Waals surface area contributed by atoms with Gasteiger partial charge in [0.15, 0.2) is 0 Å². The van der Waals surface area contributed by atoms with E-state index in [-0.39, 0.29) is 0 Å². The van der Waals surface area contributed by atoms with Crippen molar-refractivity contribution in [2.75, 3.05) is 0 Å². The van der Waals surface area contributed by atoms with E-state index in [9.17, 15) is 0 Å². The van der Waals surface area contributed by atoms with Crippen LogP contribution < -0.4 is 4.74 Å². The Morgan fingerprint density at radius 2 is 1.75 bits per heavy atom. The molecule has 108 valence electrons. The third-order valence-electron chi connectivity index (χ3n) is 4.14. The predicted molar refractivity (Wildman–Crippen MR) is 80.5 cm³/mol. The molecule has 4 nitrogen and oxygen atoms in total. The predicted octanol–water partition coefficient (Wildman–Crippen LogP) is 4.17. The van der Waals surface area contributed by atoms with Crippen LogP contribution in [0.1, 0.15) is 47.6 Å². The summed E-state index contributed by atoms with van der Waals surface area (Å²) in [7, 11) is 0. The number of nitrogens with one attached hydrogen (secondary N) is 1. The van der Waals surface area contributed by atoms with Crippen molar-refractivity contribution >= 4 is 0 Å². The molecule has 0 aliphatic rings. The van der Waals surface area contributed by atoms with Crippen molar-refractivity contribution in [1.82, 2.24) is 15.4 Å². The van der Waals surface area contributed by atoms with Crippen LogP contribution in [0.2, 0.25) is 0 Å². The number of hydrogen-bond donors (Lipinski definition) is 1. The van der Waals surface area contributed by atoms with Crippen molar-refractivity contribution in [2.24, 2.45) is 0 Å². The maximum absolute atomic E-state index is 5.99. The maximum Gasteiger partial charge on any atom is 0.258 e. The molecule has 20 heavy (non-hydrogen) atoms. The Hall–Kier alpha value is -1.84. The van der Waals surface area contributed by atoms with Crippen molar-refractivity contribution in [3.8, 4) is 11.6 Å². The third kappa shape index (κ3) is 2.69. The summed E-state index contributed by atoms with van der Waals surface area (Å²) in [4.78, 5) is 0. The molecular formula is C16H23N3O. The van der Waals surface area contributed by atoms with Crippen LogP contribution in [0.5, 0.6) is 11.6 Å². The lowest BCUT2D eigenvalue weighted by atomic mass is 9.91. The topological polar surface area (TPSA) is 50.8 Å². The summed E-state index contributed by atoms with van der Waals surface area (Å²) >= 11 is 0. The van der Waals surface area contributed by atoms with E-state index in [1.54, 1.807) is 6.20 Å². The number of nitrogens with zero attached hydrogens (tertiary/aromatic N) is 2. The summed E-state index contributed by atoms with van der Waals surface area (Å²) in [5, 5.41) is 10.3. The van der Waals surface area contributed by atoms with Gasteiger partial charge in [-0.1, -0.05) is 23.7 Å². The summed E-state index contributed by atoms with van der Waals surface area (Å²) in [5.74, 6) is 1.47. The highest BCUT2D eigenvalue weighted by Crippen LogP contribution is 2.36. The van der Waals surface area contributed by atoms with E-state index in [0.29, 0.717) is 5.88 Å². The smallest absolute Gasteiger partial charge is 0.258 e. The number of benzene rings is 1. The van der Waals surface area contributed by atoms with Crippen molar-refractivity contribution in [3.63, 3.8) is 0 Å². The average Bonchev–Trinajstić information content (AvgIpc) is 2.95. The molecule has 2 rings (SSSR count). The number of ether oxygens (including phenoxy) is 1. The van der Waals surface area contributed by atoms with Crippen LogP contribution in [-0.2, 0) is 6.42 Å². The normalized spacial score (nSPS) is 10.8. The zero-order valence-electron chi connectivity index (χ0n) is 13.0. The number of H-pyrrole nitrogens is 1. The van der Waals surface area contributed by atoms with Crippen LogP contribution in [0, 0.1) is 27.7 Å². The van der Waals surface area contributed by atoms with Gasteiger partial charge in [0.25, 0.3) is 5.88 Å². The fraction of sp³-hybridized carbons (Fsp3) is 0.500. The standard InChI is InChI=1S/C16H23N3O/c1-6-7-8-14-12(4)10(2)11(3)13(5)16(14)20-15-9-17-19-18-15/h9H,6-8H2,1-5H3,(H,17,18,19). The lowest BCUT2D eigenvalue weighted by molar-refractivity contribution is 0.450. The number of rotatable bonds is 5. The largest absolute Gasteiger partial charge is 0.436 e. The second-order valence-electron chi connectivity index (χ2n) is 5.32. The molecule has 0 atom stereocenters. The summed E-state index contributed by atoms with van der Waals surface area (Å²) in [6.07, 6.45) is 5.05. The van der Waals surface area contributed by atoms with Gasteiger partial charge in [0.1, 0.15) is 5.75 Å². The van der Waals surface area contributed by atoms with Gasteiger partial charge in [0.2, 0.25) is 0 Å². The number of unbranched alkanes of at least 4 members (excludes halogenated alkanes) is 1. The lowest BCUT2D eigenvalue weighted by Crippen LogP contribution is -2.03. The molecule has 0 saturated heterocycles. The van der Waals surface area contributed by atoms with E-state index in [1.807, 2.05) is 0 Å². The molecule has 0 amide bonds. The molecule has 0 radical (unpaired) electrons. The van der Waals surface area contributed by atoms with E-state index in [1.165, 1.54) is 34.2 Å². The molecule has 1 heterocycles. The molecule has 0 aliphatic heterocycles. The highest BCUT2D eigenvalue weighted by Gasteiger charge is 2.17. The van der Waals surface area contributed by atoms with E-state index in [4.69, 9.17) is 4.74 Å². The van der Waals surface area contributed by atoms with Crippen molar-refractivity contribution < 1.29 is 4.74 Å². The van der Waals surface area contributed by atoms with E-state index < -0.39 is 0 Å². The Balaban J connectivity index is 2.50. The summed E-state index contributed by atoms with van der Waals surface area (Å²) in [5.41, 5.74) is 6.49. The molecule has 1 N–H and O–H groups in total. The Morgan fingerprint density at radius 1 is 1.05 bits per heavy atom. The number of hydrogen-bond acceptors (Lipinski definition) is 3. The molecule has 0 bridgehead atoms. The van der Waals surface area contributed by atoms with Crippen LogP contribution in [0.15, 0.2) is 6.20 Å². The second-order valence-corrected chi connectivity index (χ2v) is 5.32. The first-order valence-corrected chi connectivity index (χ1v) is 7.19. The molecule has 0 unspecified atom stereocenters. The van der Waals surface area contributed by atoms with Gasteiger partial charge in [0, 0.05) is 0 Å². The highest BCUT2D eigenvalue weighted by molar-refractivity contribution is 5.55. The van der Waals surface area contributed by atoms with E-state index in [0.717, 1.165) is 18.6 Å². The van der Waals surface area contributed by atoms with Gasteiger partial charge in [-0.25, -0.2) is 0 Å². The van der Waals surface area contributed by atoms with Gasteiger partial charge >= 0.3 is 0 Å². The Labute approximate surface area is 120 Å². The van der Waals surface area contributed by atoms with Crippen LogP contribution in [0.25, 0.3) is 0 Å². The molecule has 0 spiro atoms. The number of aromatic amines is 1. The first-order valence-electron chi connectivity index (χ1n) is 7.19. The number of aromatic nitrogens is 3. The quantitative estimate of drug-likeness (QED) is 0.889. The minimum Gasteiger partial charge on any atom is -0.436 e. The Morgan fingerprint density at radius 3 is 2.35 bits per heavy atom. The molecule has 1 aromatic heterocycles. The highest BCUT2D eigenvalue weighted by atomic mass is 16.5. The maximum atomic E-state index is 5.99. The van der Waals surface area contributed by atoms with Gasteiger partial charge in [-0.3, -0.25) is 5.10 Å². The molecule has 0 aliphatic carbocycles. The Bertz CT molecular complexity index is 589. The minimum absolute atomic E-state index is 0.522. The third-order valence-corrected chi connectivity index (χ3v) is 4.14. The zero-order valence-corrected chi connectivity index (χ0v) is 13.0. The summed E-state index contributed by atoms with van der Waals surface area (Å²) in [6.45, 7) is 10.8. The van der Waals surface area contributed by atoms with E-state index in [2.05, 4.69) is 50.0 Å². The van der Waals surface area contributed by atoms with Gasteiger partial charge in [-0.15, -0.1) is 0 Å². The molecule has 4 heteroatoms. The van der Waals surface area contributed by atoms with Crippen molar-refractivity contribution in [2.45, 2.75) is 53.9 Å². The van der Waals surface area contributed by atoms with Gasteiger partial charge in [-0.05, 0) is 68.4 Å². The van der Waals surface area contributed by atoms with Crippen LogP contribution in [-0.4, -0.2) is 15.4 Å². The summed E-state index contributed by atoms with van der Waals surface area (Å²) < 4.78 is 5.99. The van der Waals surface area contributed by atoms with Crippen molar-refractivity contribution in [3.05, 3.63) is 34.0 Å². The fourth-order valence-corrected chi connectivity index (χ4v) is 2.49. The van der Waals surface area contributed by atoms with Crippen molar-refractivity contribution in [1.29, 1.82) is 0 Å². The molecule has 1 aromatic carbocycles. The monoisotopic (exact) mass is 273 g/mol. The summed E-state index contributed by atoms with van der Waals surface area (Å²) in [6, 6.07) is 0. The van der Waals surface area contributed by atoms with Crippen LogP contribution in [0.4, 0.5) is 0 Å². The van der Waals surface area contributed by atoms with E-state index >= 15 is 0 Å². The average molecular weight is 273 g/mol. The van der Waals surface area contributed by atoms with Gasteiger partial charge in [-0.2, -0.15) is 0 Å². The first-order chi connectivity index (χ1) is 9.56. The molecular weight excluding hydrogens is 250 g/mol. The zero-order chi connectivity index (χ0) is 14.7. The first kappa shape index (κ1) is 14.6. The lowest BCUT2D eigenvalue weighted by Gasteiger charge is -2.20. The van der Waals surface area contributed by atoms with Gasteiger partial charge in [0.05, 0.1) is 6.20 Å². The second kappa shape index (κ2) is 6.07. The minimum atomic E-state index is 0.522. The fourth-order valence-electron chi connectivity index (χ4n) is 2.49. The molecule has 0 saturated carbocycles. The molecule has 2 aromatic rings. The SMILES string of the molecule is CCCCc1c(C)c(C)c(C)c(C)c1Oc1c[nH]nn1. The Kier molecular flexibility index (Phi) is 4.42.